The van der Waals surface area contributed by atoms with Gasteiger partial charge in [0.05, 0.1) is 106 Å². The van der Waals surface area contributed by atoms with E-state index in [0.717, 1.165) is 0 Å². The van der Waals surface area contributed by atoms with E-state index in [4.69, 9.17) is 52.1 Å². The summed E-state index contributed by atoms with van der Waals surface area (Å²) >= 11 is 0. The maximum atomic E-state index is 6.41. The summed E-state index contributed by atoms with van der Waals surface area (Å²) in [5.41, 5.74) is 0. The Kier molecular flexibility index (Phi) is 25.6. The van der Waals surface area contributed by atoms with Crippen LogP contribution in [0, 0.1) is 0 Å². The SMILES string of the molecule is C=CCOCCOC[C@H]1O[C@H](OCCOCC=C)[C@H](OCCOCC=C)[C@@H](OCCOCC=C)[C@@H]1OCCOCC=C. The lowest BCUT2D eigenvalue weighted by Crippen LogP contribution is -2.62. The minimum absolute atomic E-state index is 0.213. The van der Waals surface area contributed by atoms with Gasteiger partial charge in [-0.05, 0) is 0 Å². The Morgan fingerprint density at radius 2 is 0.762 bits per heavy atom. The molecule has 5 atom stereocenters. The van der Waals surface area contributed by atoms with Crippen LogP contribution in [0.4, 0.5) is 0 Å². The van der Waals surface area contributed by atoms with Crippen molar-refractivity contribution in [2.75, 3.05) is 106 Å². The van der Waals surface area contributed by atoms with E-state index in [2.05, 4.69) is 32.9 Å². The van der Waals surface area contributed by atoms with E-state index in [1.54, 1.807) is 30.4 Å². The van der Waals surface area contributed by atoms with Crippen molar-refractivity contribution in [1.82, 2.24) is 0 Å². The third-order valence-electron chi connectivity index (χ3n) is 5.55. The molecule has 0 saturated carbocycles. The smallest absolute Gasteiger partial charge is 0.187 e. The van der Waals surface area contributed by atoms with Gasteiger partial charge in [-0.1, -0.05) is 30.4 Å². The maximum Gasteiger partial charge on any atom is 0.187 e. The highest BCUT2D eigenvalue weighted by Gasteiger charge is 2.49. The van der Waals surface area contributed by atoms with Crippen LogP contribution in [0.5, 0.6) is 0 Å². The summed E-state index contributed by atoms with van der Waals surface area (Å²) < 4.78 is 64.9. The first-order valence-electron chi connectivity index (χ1n) is 14.4. The molecule has 0 aromatic carbocycles. The molecule has 0 radical (unpaired) electrons. The van der Waals surface area contributed by atoms with Gasteiger partial charge in [0.1, 0.15) is 24.4 Å². The van der Waals surface area contributed by atoms with Gasteiger partial charge >= 0.3 is 0 Å². The Bertz CT molecular complexity index is 690. The summed E-state index contributed by atoms with van der Waals surface area (Å²) in [4.78, 5) is 0. The molecular weight excluding hydrogens is 548 g/mol. The highest BCUT2D eigenvalue weighted by molar-refractivity contribution is 4.93. The van der Waals surface area contributed by atoms with Gasteiger partial charge in [-0.25, -0.2) is 0 Å². The number of rotatable bonds is 31. The molecule has 0 aromatic heterocycles. The first-order valence-corrected chi connectivity index (χ1v) is 14.4. The van der Waals surface area contributed by atoms with E-state index in [1.807, 2.05) is 0 Å². The molecular formula is C31H52O11. The van der Waals surface area contributed by atoms with Gasteiger partial charge in [0.2, 0.25) is 0 Å². The molecule has 0 unspecified atom stereocenters. The van der Waals surface area contributed by atoms with Crippen LogP contribution >= 0.6 is 0 Å². The monoisotopic (exact) mass is 600 g/mol. The predicted octanol–water partition coefficient (Wildman–Crippen LogP) is 2.91. The Labute approximate surface area is 251 Å². The summed E-state index contributed by atoms with van der Waals surface area (Å²) in [6.45, 7) is 24.0. The first kappa shape index (κ1) is 38.3. The molecule has 0 N–H and O–H groups in total. The van der Waals surface area contributed by atoms with Crippen LogP contribution in [0.25, 0.3) is 0 Å². The standard InChI is InChI=1S/C31H52O11/c1-6-11-32-16-17-37-26-27-28(38-22-18-33-12-7-2)29(39-23-19-34-13-8-3)30(40-24-20-35-14-9-4)31(42-27)41-25-21-36-15-10-5/h6-10,27-31H,1-5,11-26H2/t27-,28-,29+,30-,31+/m1/s1. The van der Waals surface area contributed by atoms with Crippen LogP contribution in [0.2, 0.25) is 0 Å². The summed E-state index contributed by atoms with van der Waals surface area (Å²) in [6.07, 6.45) is 5.27. The molecule has 0 aromatic rings. The molecule has 11 heteroatoms. The van der Waals surface area contributed by atoms with Gasteiger partial charge in [-0.15, -0.1) is 32.9 Å². The van der Waals surface area contributed by atoms with Crippen LogP contribution in [0.1, 0.15) is 0 Å². The van der Waals surface area contributed by atoms with Gasteiger partial charge in [0, 0.05) is 0 Å². The van der Waals surface area contributed by atoms with E-state index in [9.17, 15) is 0 Å². The summed E-state index contributed by atoms with van der Waals surface area (Å²) in [5, 5.41) is 0. The molecule has 1 aliphatic heterocycles. The minimum Gasteiger partial charge on any atom is -0.376 e. The third kappa shape index (κ3) is 18.0. The number of hydrogen-bond donors (Lipinski definition) is 0. The lowest BCUT2D eigenvalue weighted by atomic mass is 9.98. The van der Waals surface area contributed by atoms with Crippen molar-refractivity contribution in [2.45, 2.75) is 30.7 Å². The average Bonchev–Trinajstić information content (AvgIpc) is 3.00. The van der Waals surface area contributed by atoms with Gasteiger partial charge in [-0.2, -0.15) is 0 Å². The molecule has 1 heterocycles. The molecule has 0 aliphatic carbocycles. The quantitative estimate of drug-likeness (QED) is 0.0867. The Hall–Kier alpha value is -1.74. The summed E-state index contributed by atoms with van der Waals surface area (Å²) in [7, 11) is 0. The highest BCUT2D eigenvalue weighted by atomic mass is 16.7. The van der Waals surface area contributed by atoms with Crippen LogP contribution in [0.15, 0.2) is 63.3 Å². The molecule has 1 saturated heterocycles. The Balaban J connectivity index is 3.10. The fourth-order valence-corrected chi connectivity index (χ4v) is 3.82. The van der Waals surface area contributed by atoms with Crippen LogP contribution < -0.4 is 0 Å². The van der Waals surface area contributed by atoms with Gasteiger partial charge in [-0.3, -0.25) is 0 Å². The third-order valence-corrected chi connectivity index (χ3v) is 5.55. The summed E-state index contributed by atoms with van der Waals surface area (Å²) in [6, 6.07) is 0. The fraction of sp³-hybridized carbons (Fsp3) is 0.677. The van der Waals surface area contributed by atoms with Gasteiger partial charge < -0.3 is 52.1 Å². The largest absolute Gasteiger partial charge is 0.376 e. The Morgan fingerprint density at radius 3 is 1.21 bits per heavy atom. The highest BCUT2D eigenvalue weighted by Crippen LogP contribution is 2.29. The second-order valence-corrected chi connectivity index (χ2v) is 8.81. The zero-order valence-corrected chi connectivity index (χ0v) is 25.1. The number of ether oxygens (including phenoxy) is 11. The zero-order valence-electron chi connectivity index (χ0n) is 25.1. The molecule has 1 rings (SSSR count). The normalized spacial score (nSPS) is 22.0. The van der Waals surface area contributed by atoms with Crippen molar-refractivity contribution in [1.29, 1.82) is 0 Å². The maximum absolute atomic E-state index is 6.41. The fourth-order valence-electron chi connectivity index (χ4n) is 3.82. The molecule has 0 bridgehead atoms. The van der Waals surface area contributed by atoms with Crippen molar-refractivity contribution in [3.05, 3.63) is 63.3 Å². The van der Waals surface area contributed by atoms with Crippen molar-refractivity contribution < 1.29 is 52.1 Å². The van der Waals surface area contributed by atoms with Gasteiger partial charge in [0.25, 0.3) is 0 Å². The zero-order chi connectivity index (χ0) is 30.5. The average molecular weight is 601 g/mol. The van der Waals surface area contributed by atoms with E-state index in [-0.39, 0.29) is 26.4 Å². The van der Waals surface area contributed by atoms with Crippen molar-refractivity contribution >= 4 is 0 Å². The lowest BCUT2D eigenvalue weighted by molar-refractivity contribution is -0.326. The van der Waals surface area contributed by atoms with E-state index in [0.29, 0.717) is 79.3 Å². The van der Waals surface area contributed by atoms with E-state index < -0.39 is 30.7 Å². The molecule has 42 heavy (non-hydrogen) atoms. The first-order chi connectivity index (χ1) is 20.7. The van der Waals surface area contributed by atoms with Crippen LogP contribution in [-0.4, -0.2) is 136 Å². The van der Waals surface area contributed by atoms with Crippen LogP contribution in [0.3, 0.4) is 0 Å². The number of hydrogen-bond acceptors (Lipinski definition) is 11. The second-order valence-electron chi connectivity index (χ2n) is 8.81. The Morgan fingerprint density at radius 1 is 0.405 bits per heavy atom. The lowest BCUT2D eigenvalue weighted by Gasteiger charge is -2.45. The van der Waals surface area contributed by atoms with Crippen molar-refractivity contribution in [3.8, 4) is 0 Å². The topological polar surface area (TPSA) is 102 Å². The van der Waals surface area contributed by atoms with Gasteiger partial charge in [0.15, 0.2) is 6.29 Å². The molecule has 0 amide bonds. The molecule has 1 aliphatic rings. The summed E-state index contributed by atoms with van der Waals surface area (Å²) in [5.74, 6) is 0. The molecule has 242 valence electrons. The molecule has 1 fully saturated rings. The van der Waals surface area contributed by atoms with E-state index >= 15 is 0 Å². The van der Waals surface area contributed by atoms with Crippen molar-refractivity contribution in [2.24, 2.45) is 0 Å². The van der Waals surface area contributed by atoms with Crippen LogP contribution in [-0.2, 0) is 52.1 Å². The van der Waals surface area contributed by atoms with E-state index in [1.165, 1.54) is 0 Å². The van der Waals surface area contributed by atoms with Crippen molar-refractivity contribution in [3.63, 3.8) is 0 Å². The minimum atomic E-state index is -0.793. The molecule has 11 nitrogen and oxygen atoms in total. The molecule has 0 spiro atoms. The second kappa shape index (κ2) is 28.1. The predicted molar refractivity (Wildman–Crippen MR) is 160 cm³/mol.